The van der Waals surface area contributed by atoms with Gasteiger partial charge in [0.05, 0.1) is 12.8 Å². The van der Waals surface area contributed by atoms with Crippen molar-refractivity contribution in [2.24, 2.45) is 0 Å². The van der Waals surface area contributed by atoms with Gasteiger partial charge < -0.3 is 19.5 Å². The summed E-state index contributed by atoms with van der Waals surface area (Å²) < 4.78 is 25.1. The summed E-state index contributed by atoms with van der Waals surface area (Å²) in [4.78, 5) is 35.6. The fourth-order valence-electron chi connectivity index (χ4n) is 2.45. The van der Waals surface area contributed by atoms with Gasteiger partial charge in [0, 0.05) is 12.6 Å². The van der Waals surface area contributed by atoms with Gasteiger partial charge in [-0.2, -0.15) is 9.88 Å². The number of aliphatic hydroxyl groups excluding tert-OH is 1. The highest BCUT2D eigenvalue weighted by Gasteiger charge is 2.37. The van der Waals surface area contributed by atoms with E-state index in [0.717, 1.165) is 19.0 Å². The van der Waals surface area contributed by atoms with E-state index in [2.05, 4.69) is 9.97 Å². The molecule has 2 amide bonds. The maximum Gasteiger partial charge on any atom is 0.425 e. The van der Waals surface area contributed by atoms with Crippen LogP contribution in [0.2, 0.25) is 0 Å². The number of halogens is 1. The normalized spacial score (nSPS) is 14.3. The van der Waals surface area contributed by atoms with Crippen LogP contribution in [0.1, 0.15) is 54.4 Å². The molecule has 1 heterocycles. The molecule has 10 heteroatoms. The molecule has 0 aromatic carbocycles. The number of imide groups is 1. The predicted molar refractivity (Wildman–Crippen MR) is 104 cm³/mol. The molecule has 1 N–H and O–H groups in total. The summed E-state index contributed by atoms with van der Waals surface area (Å²) in [6, 6.07) is 0.122. The Hall–Kier alpha value is -2.49. The van der Waals surface area contributed by atoms with Crippen molar-refractivity contribution in [3.63, 3.8) is 0 Å². The van der Waals surface area contributed by atoms with Gasteiger partial charge in [-0.15, -0.1) is 0 Å². The van der Waals surface area contributed by atoms with Crippen molar-refractivity contribution in [1.82, 2.24) is 9.97 Å². The van der Waals surface area contributed by atoms with Gasteiger partial charge in [0.25, 0.3) is 0 Å². The van der Waals surface area contributed by atoms with E-state index in [9.17, 15) is 19.1 Å². The number of aromatic nitrogens is 2. The first kappa shape index (κ1) is 22.8. The number of hydrogen-bond donors (Lipinski definition) is 1. The zero-order valence-corrected chi connectivity index (χ0v) is 17.7. The Bertz CT molecular complexity index is 728. The van der Waals surface area contributed by atoms with Gasteiger partial charge >= 0.3 is 12.2 Å². The Balaban J connectivity index is 2.46. The Kier molecular flexibility index (Phi) is 6.67. The van der Waals surface area contributed by atoms with Crippen LogP contribution >= 0.6 is 0 Å². The van der Waals surface area contributed by atoms with Gasteiger partial charge in [-0.25, -0.2) is 19.0 Å². The summed E-state index contributed by atoms with van der Waals surface area (Å²) >= 11 is 0. The van der Waals surface area contributed by atoms with Crippen LogP contribution < -0.4 is 9.80 Å². The summed E-state index contributed by atoms with van der Waals surface area (Å²) in [6.07, 6.45) is 0.424. The Morgan fingerprint density at radius 1 is 1.14 bits per heavy atom. The standard InChI is InChI=1S/C19H29FN4O5/c1-18(2,3)28-16(26)24(17(27)29-19(4,5)6)14-13(20)11-21-15(22-14)23(9-10-25)12-7-8-12/h11-12,25H,7-10H2,1-6H3. The smallest absolute Gasteiger partial charge is 0.425 e. The number of amides is 2. The van der Waals surface area contributed by atoms with Crippen molar-refractivity contribution in [3.05, 3.63) is 12.0 Å². The minimum absolute atomic E-state index is 0.107. The van der Waals surface area contributed by atoms with Crippen LogP contribution in [-0.2, 0) is 9.47 Å². The fourth-order valence-corrected chi connectivity index (χ4v) is 2.45. The number of aliphatic hydroxyl groups is 1. The van der Waals surface area contributed by atoms with E-state index >= 15 is 0 Å². The second kappa shape index (κ2) is 8.48. The maximum atomic E-state index is 14.6. The van der Waals surface area contributed by atoms with E-state index in [1.54, 1.807) is 46.4 Å². The first-order valence-corrected chi connectivity index (χ1v) is 9.48. The van der Waals surface area contributed by atoms with Crippen molar-refractivity contribution in [3.8, 4) is 0 Å². The molecule has 29 heavy (non-hydrogen) atoms. The SMILES string of the molecule is CC(C)(C)OC(=O)N(C(=O)OC(C)(C)C)c1nc(N(CCO)C2CC2)ncc1F. The number of carbonyl (C=O) groups is 2. The van der Waals surface area contributed by atoms with E-state index < -0.39 is 35.0 Å². The highest BCUT2D eigenvalue weighted by Crippen LogP contribution is 2.31. The molecule has 0 radical (unpaired) electrons. The second-order valence-electron chi connectivity index (χ2n) is 8.79. The molecule has 1 aliphatic carbocycles. The van der Waals surface area contributed by atoms with Gasteiger partial charge in [-0.3, -0.25) is 0 Å². The Morgan fingerprint density at radius 3 is 2.07 bits per heavy atom. The van der Waals surface area contributed by atoms with Crippen LogP contribution in [0.5, 0.6) is 0 Å². The summed E-state index contributed by atoms with van der Waals surface area (Å²) in [5, 5.41) is 9.31. The molecule has 162 valence electrons. The molecular weight excluding hydrogens is 383 g/mol. The van der Waals surface area contributed by atoms with Gasteiger partial charge in [-0.1, -0.05) is 0 Å². The molecule has 1 saturated carbocycles. The molecule has 0 saturated heterocycles. The number of nitrogens with zero attached hydrogens (tertiary/aromatic N) is 4. The molecule has 0 atom stereocenters. The monoisotopic (exact) mass is 412 g/mol. The van der Waals surface area contributed by atoms with Crippen LogP contribution in [0.4, 0.5) is 25.7 Å². The zero-order chi connectivity index (χ0) is 22.0. The van der Waals surface area contributed by atoms with Crippen LogP contribution in [0.3, 0.4) is 0 Å². The molecule has 9 nitrogen and oxygen atoms in total. The largest absolute Gasteiger partial charge is 0.443 e. The highest BCUT2D eigenvalue weighted by atomic mass is 19.1. The molecule has 2 rings (SSSR count). The average molecular weight is 412 g/mol. The van der Waals surface area contributed by atoms with Gasteiger partial charge in [0.15, 0.2) is 11.6 Å². The van der Waals surface area contributed by atoms with E-state index in [4.69, 9.17) is 9.47 Å². The van der Waals surface area contributed by atoms with Crippen molar-refractivity contribution in [1.29, 1.82) is 0 Å². The number of rotatable bonds is 5. The lowest BCUT2D eigenvalue weighted by molar-refractivity contribution is 0.0427. The van der Waals surface area contributed by atoms with Gasteiger partial charge in [-0.05, 0) is 54.4 Å². The maximum absolute atomic E-state index is 14.6. The molecule has 0 aliphatic heterocycles. The summed E-state index contributed by atoms with van der Waals surface area (Å²) in [5.74, 6) is -1.44. The summed E-state index contributed by atoms with van der Waals surface area (Å²) in [6.45, 7) is 9.83. The topological polar surface area (TPSA) is 105 Å². The Labute approximate surface area is 169 Å². The third-order valence-corrected chi connectivity index (χ3v) is 3.66. The third kappa shape index (κ3) is 6.52. The average Bonchev–Trinajstić information content (AvgIpc) is 3.36. The molecule has 0 bridgehead atoms. The third-order valence-electron chi connectivity index (χ3n) is 3.66. The zero-order valence-electron chi connectivity index (χ0n) is 17.7. The summed E-state index contributed by atoms with van der Waals surface area (Å²) in [7, 11) is 0. The van der Waals surface area contributed by atoms with E-state index in [-0.39, 0.29) is 25.1 Å². The predicted octanol–water partition coefficient (Wildman–Crippen LogP) is 3.25. The summed E-state index contributed by atoms with van der Waals surface area (Å²) in [5.41, 5.74) is -1.86. The second-order valence-corrected chi connectivity index (χ2v) is 8.79. The molecule has 1 aromatic rings. The first-order valence-electron chi connectivity index (χ1n) is 9.48. The number of anilines is 2. The minimum Gasteiger partial charge on any atom is -0.443 e. The lowest BCUT2D eigenvalue weighted by atomic mass is 10.2. The Morgan fingerprint density at radius 2 is 1.66 bits per heavy atom. The van der Waals surface area contributed by atoms with E-state index in [1.807, 2.05) is 0 Å². The van der Waals surface area contributed by atoms with Crippen LogP contribution in [0.15, 0.2) is 6.20 Å². The molecule has 1 fully saturated rings. The van der Waals surface area contributed by atoms with Gasteiger partial charge in [0.1, 0.15) is 11.2 Å². The molecule has 1 aliphatic rings. The molecule has 0 unspecified atom stereocenters. The molecular formula is C19H29FN4O5. The van der Waals surface area contributed by atoms with Crippen molar-refractivity contribution in [2.75, 3.05) is 23.0 Å². The number of ether oxygens (including phenoxy) is 2. The lowest BCUT2D eigenvalue weighted by Gasteiger charge is -2.29. The molecule has 0 spiro atoms. The van der Waals surface area contributed by atoms with Crippen molar-refractivity contribution < 1.29 is 28.6 Å². The quantitative estimate of drug-likeness (QED) is 0.786. The van der Waals surface area contributed by atoms with E-state index in [1.165, 1.54) is 0 Å². The number of hydrogen-bond acceptors (Lipinski definition) is 8. The fraction of sp³-hybridized carbons (Fsp3) is 0.684. The van der Waals surface area contributed by atoms with Gasteiger partial charge in [0.2, 0.25) is 5.95 Å². The van der Waals surface area contributed by atoms with Crippen LogP contribution in [0, 0.1) is 5.82 Å². The minimum atomic E-state index is -1.12. The van der Waals surface area contributed by atoms with Crippen LogP contribution in [-0.4, -0.2) is 57.7 Å². The van der Waals surface area contributed by atoms with E-state index in [0.29, 0.717) is 4.90 Å². The first-order chi connectivity index (χ1) is 13.3. The lowest BCUT2D eigenvalue weighted by Crippen LogP contribution is -2.45. The van der Waals surface area contributed by atoms with Crippen molar-refractivity contribution >= 4 is 24.0 Å². The van der Waals surface area contributed by atoms with Crippen LogP contribution in [0.25, 0.3) is 0 Å². The van der Waals surface area contributed by atoms with Crippen molar-refractivity contribution in [2.45, 2.75) is 71.6 Å². The highest BCUT2D eigenvalue weighted by molar-refractivity contribution is 6.08. The number of carbonyl (C=O) groups excluding carboxylic acids is 2. The molecule has 1 aromatic heterocycles.